The number of amides is 1. The number of carbonyl (C=O) groups excluding carboxylic acids is 1. The lowest BCUT2D eigenvalue weighted by Gasteiger charge is -2.18. The minimum atomic E-state index is -3.86. The van der Waals surface area contributed by atoms with Gasteiger partial charge in [0.05, 0.1) is 11.1 Å². The highest BCUT2D eigenvalue weighted by molar-refractivity contribution is 7.89. The van der Waals surface area contributed by atoms with E-state index in [-0.39, 0.29) is 34.0 Å². The van der Waals surface area contributed by atoms with E-state index in [1.807, 2.05) is 31.2 Å². The summed E-state index contributed by atoms with van der Waals surface area (Å²) in [5.74, 6) is -0.280. The first kappa shape index (κ1) is 21.8. The summed E-state index contributed by atoms with van der Waals surface area (Å²) in [6.07, 6.45) is 1.61. The van der Waals surface area contributed by atoms with Crippen LogP contribution in [0.1, 0.15) is 34.3 Å². The molecular formula is C21H25ClN2O4S. The molecule has 0 spiro atoms. The Hall–Kier alpha value is -1.93. The maximum absolute atomic E-state index is 12.8. The Morgan fingerprint density at radius 1 is 1.24 bits per heavy atom. The van der Waals surface area contributed by atoms with E-state index in [2.05, 4.69) is 4.72 Å². The molecule has 2 aromatic carbocycles. The number of carbonyl (C=O) groups is 1. The summed E-state index contributed by atoms with van der Waals surface area (Å²) in [4.78, 5) is 14.3. The zero-order valence-electron chi connectivity index (χ0n) is 16.5. The van der Waals surface area contributed by atoms with Crippen molar-refractivity contribution < 1.29 is 17.9 Å². The van der Waals surface area contributed by atoms with E-state index >= 15 is 0 Å². The molecule has 6 nitrogen and oxygen atoms in total. The predicted octanol–water partition coefficient (Wildman–Crippen LogP) is 3.38. The highest BCUT2D eigenvalue weighted by Gasteiger charge is 2.24. The van der Waals surface area contributed by atoms with E-state index in [0.717, 1.165) is 24.0 Å². The maximum atomic E-state index is 12.8. The molecule has 1 heterocycles. The van der Waals surface area contributed by atoms with Gasteiger partial charge in [-0.3, -0.25) is 4.79 Å². The first-order valence-corrected chi connectivity index (χ1v) is 11.3. The lowest BCUT2D eigenvalue weighted by molar-refractivity contribution is 0.0785. The molecule has 0 saturated carbocycles. The van der Waals surface area contributed by atoms with E-state index in [9.17, 15) is 13.2 Å². The van der Waals surface area contributed by atoms with E-state index < -0.39 is 10.0 Å². The van der Waals surface area contributed by atoms with Gasteiger partial charge in [0.1, 0.15) is 4.90 Å². The van der Waals surface area contributed by atoms with Crippen molar-refractivity contribution in [2.24, 2.45) is 0 Å². The van der Waals surface area contributed by atoms with Crippen LogP contribution in [0.3, 0.4) is 0 Å². The number of rotatable bonds is 7. The standard InChI is InChI=1S/C21H25ClN2O4S/c1-15-5-7-16(8-6-15)14-24(2)21(25)17-9-10-19(22)20(12-17)29(26,27)23-13-18-4-3-11-28-18/h5-10,12,18,23H,3-4,11,13-14H2,1-2H3. The summed E-state index contributed by atoms with van der Waals surface area (Å²) in [5, 5.41) is 0.0718. The van der Waals surface area contributed by atoms with Crippen LogP contribution in [-0.4, -0.2) is 45.5 Å². The Morgan fingerprint density at radius 3 is 2.62 bits per heavy atom. The van der Waals surface area contributed by atoms with E-state index in [0.29, 0.717) is 13.2 Å². The number of nitrogens with zero attached hydrogens (tertiary/aromatic N) is 1. The molecule has 1 saturated heterocycles. The fraction of sp³-hybridized carbons (Fsp3) is 0.381. The molecule has 0 aliphatic carbocycles. The monoisotopic (exact) mass is 436 g/mol. The van der Waals surface area contributed by atoms with Crippen molar-refractivity contribution in [1.29, 1.82) is 0 Å². The molecular weight excluding hydrogens is 412 g/mol. The van der Waals surface area contributed by atoms with Gasteiger partial charge >= 0.3 is 0 Å². The van der Waals surface area contributed by atoms with Gasteiger partial charge in [0.15, 0.2) is 0 Å². The zero-order chi connectivity index (χ0) is 21.0. The Bertz CT molecular complexity index is 971. The number of hydrogen-bond donors (Lipinski definition) is 1. The normalized spacial score (nSPS) is 16.7. The smallest absolute Gasteiger partial charge is 0.253 e. The van der Waals surface area contributed by atoms with Gasteiger partial charge in [-0.15, -0.1) is 0 Å². The molecule has 29 heavy (non-hydrogen) atoms. The van der Waals surface area contributed by atoms with Gasteiger partial charge in [-0.2, -0.15) is 0 Å². The van der Waals surface area contributed by atoms with Crippen molar-refractivity contribution in [2.75, 3.05) is 20.2 Å². The third-order valence-corrected chi connectivity index (χ3v) is 6.78. The SMILES string of the molecule is Cc1ccc(CN(C)C(=O)c2ccc(Cl)c(S(=O)(=O)NCC3CCCO3)c2)cc1. The number of aryl methyl sites for hydroxylation is 1. The quantitative estimate of drug-likeness (QED) is 0.721. The van der Waals surface area contributed by atoms with Crippen molar-refractivity contribution in [1.82, 2.24) is 9.62 Å². The van der Waals surface area contributed by atoms with Crippen molar-refractivity contribution >= 4 is 27.5 Å². The molecule has 8 heteroatoms. The lowest BCUT2D eigenvalue weighted by atomic mass is 10.1. The summed E-state index contributed by atoms with van der Waals surface area (Å²) in [6, 6.07) is 12.2. The van der Waals surface area contributed by atoms with Gasteiger partial charge in [0.25, 0.3) is 5.91 Å². The largest absolute Gasteiger partial charge is 0.377 e. The Labute approximate surface area is 176 Å². The molecule has 1 N–H and O–H groups in total. The summed E-state index contributed by atoms with van der Waals surface area (Å²) < 4.78 is 33.4. The third-order valence-electron chi connectivity index (χ3n) is 4.88. The number of sulfonamides is 1. The van der Waals surface area contributed by atoms with Gasteiger partial charge in [0.2, 0.25) is 10.0 Å². The number of halogens is 1. The Kier molecular flexibility index (Phi) is 6.95. The fourth-order valence-corrected chi connectivity index (χ4v) is 4.78. The molecule has 0 aromatic heterocycles. The molecule has 1 atom stereocenters. The van der Waals surface area contributed by atoms with Gasteiger partial charge in [-0.1, -0.05) is 41.4 Å². The highest BCUT2D eigenvalue weighted by Crippen LogP contribution is 2.24. The summed E-state index contributed by atoms with van der Waals surface area (Å²) in [5.41, 5.74) is 2.40. The molecule has 1 fully saturated rings. The third kappa shape index (κ3) is 5.57. The van der Waals surface area contributed by atoms with Crippen molar-refractivity contribution in [3.8, 4) is 0 Å². The highest BCUT2D eigenvalue weighted by atomic mass is 35.5. The molecule has 1 aliphatic heterocycles. The maximum Gasteiger partial charge on any atom is 0.253 e. The number of ether oxygens (including phenoxy) is 1. The molecule has 2 aromatic rings. The van der Waals surface area contributed by atoms with E-state index in [4.69, 9.17) is 16.3 Å². The molecule has 0 radical (unpaired) electrons. The molecule has 1 unspecified atom stereocenters. The van der Waals surface area contributed by atoms with Crippen LogP contribution < -0.4 is 4.72 Å². The molecule has 1 aliphatic rings. The first-order valence-electron chi connectivity index (χ1n) is 9.48. The number of nitrogens with one attached hydrogen (secondary N) is 1. The number of hydrogen-bond acceptors (Lipinski definition) is 4. The van der Waals surface area contributed by atoms with Crippen LogP contribution in [0.25, 0.3) is 0 Å². The Balaban J connectivity index is 1.74. The molecule has 156 valence electrons. The van der Waals surface area contributed by atoms with E-state index in [1.165, 1.54) is 18.2 Å². The second-order valence-electron chi connectivity index (χ2n) is 7.28. The summed E-state index contributed by atoms with van der Waals surface area (Å²) in [6.45, 7) is 3.25. The fourth-order valence-electron chi connectivity index (χ4n) is 3.19. The topological polar surface area (TPSA) is 75.7 Å². The average Bonchev–Trinajstić information content (AvgIpc) is 3.21. The number of benzene rings is 2. The second kappa shape index (κ2) is 9.26. The summed E-state index contributed by atoms with van der Waals surface area (Å²) in [7, 11) is -2.18. The van der Waals surface area contributed by atoms with Crippen LogP contribution in [0, 0.1) is 6.92 Å². The van der Waals surface area contributed by atoms with Gasteiger partial charge in [-0.25, -0.2) is 13.1 Å². The minimum absolute atomic E-state index is 0.0718. The lowest BCUT2D eigenvalue weighted by Crippen LogP contribution is -2.32. The zero-order valence-corrected chi connectivity index (χ0v) is 18.1. The van der Waals surface area contributed by atoms with Crippen molar-refractivity contribution in [3.63, 3.8) is 0 Å². The second-order valence-corrected chi connectivity index (χ2v) is 9.42. The first-order chi connectivity index (χ1) is 13.8. The van der Waals surface area contributed by atoms with Crippen LogP contribution in [0.5, 0.6) is 0 Å². The van der Waals surface area contributed by atoms with Crippen LogP contribution >= 0.6 is 11.6 Å². The summed E-state index contributed by atoms with van der Waals surface area (Å²) >= 11 is 6.13. The molecule has 3 rings (SSSR count). The average molecular weight is 437 g/mol. The van der Waals surface area contributed by atoms with Crippen LogP contribution in [0.15, 0.2) is 47.4 Å². The minimum Gasteiger partial charge on any atom is -0.377 e. The van der Waals surface area contributed by atoms with Gasteiger partial charge < -0.3 is 9.64 Å². The van der Waals surface area contributed by atoms with Crippen LogP contribution in [0.2, 0.25) is 5.02 Å². The Morgan fingerprint density at radius 2 is 1.97 bits per heavy atom. The van der Waals surface area contributed by atoms with Crippen LogP contribution in [-0.2, 0) is 21.3 Å². The van der Waals surface area contributed by atoms with Crippen LogP contribution in [0.4, 0.5) is 0 Å². The molecule has 0 bridgehead atoms. The van der Waals surface area contributed by atoms with Crippen molar-refractivity contribution in [3.05, 3.63) is 64.2 Å². The predicted molar refractivity (Wildman–Crippen MR) is 113 cm³/mol. The van der Waals surface area contributed by atoms with Gasteiger partial charge in [-0.05, 0) is 43.5 Å². The van der Waals surface area contributed by atoms with Gasteiger partial charge in [0, 0.05) is 32.3 Å². The van der Waals surface area contributed by atoms with Crippen molar-refractivity contribution in [2.45, 2.75) is 37.3 Å². The van der Waals surface area contributed by atoms with E-state index in [1.54, 1.807) is 11.9 Å². The molecule has 1 amide bonds.